The molecule has 1 fully saturated rings. The van der Waals surface area contributed by atoms with Crippen LogP contribution < -0.4 is 15.5 Å². The maximum atomic E-state index is 12.1. The molecule has 1 aliphatic rings. The SMILES string of the molecule is O=C(Nc1ccc(N2CCNCC2)cc1)c1ccccc1. The topological polar surface area (TPSA) is 44.4 Å². The average Bonchev–Trinajstić information content (AvgIpc) is 2.57. The number of benzene rings is 2. The smallest absolute Gasteiger partial charge is 0.255 e. The summed E-state index contributed by atoms with van der Waals surface area (Å²) in [6.45, 7) is 4.09. The molecule has 0 unspecified atom stereocenters. The number of nitrogens with one attached hydrogen (secondary N) is 2. The highest BCUT2D eigenvalue weighted by atomic mass is 16.1. The predicted octanol–water partition coefficient (Wildman–Crippen LogP) is 2.35. The molecule has 1 heterocycles. The molecule has 0 saturated carbocycles. The van der Waals surface area contributed by atoms with E-state index in [1.807, 2.05) is 42.5 Å². The Kier molecular flexibility index (Phi) is 4.17. The van der Waals surface area contributed by atoms with Gasteiger partial charge in [0.25, 0.3) is 5.91 Å². The molecular weight excluding hydrogens is 262 g/mol. The first-order valence-electron chi connectivity index (χ1n) is 7.25. The summed E-state index contributed by atoms with van der Waals surface area (Å²) >= 11 is 0. The maximum Gasteiger partial charge on any atom is 0.255 e. The molecule has 1 saturated heterocycles. The minimum absolute atomic E-state index is 0.0782. The second-order valence-corrected chi connectivity index (χ2v) is 5.10. The van der Waals surface area contributed by atoms with Gasteiger partial charge in [0.05, 0.1) is 0 Å². The van der Waals surface area contributed by atoms with E-state index < -0.39 is 0 Å². The van der Waals surface area contributed by atoms with E-state index in [-0.39, 0.29) is 5.91 Å². The molecule has 3 rings (SSSR count). The van der Waals surface area contributed by atoms with Crippen molar-refractivity contribution in [3.05, 3.63) is 60.2 Å². The fourth-order valence-electron chi connectivity index (χ4n) is 2.47. The third kappa shape index (κ3) is 3.41. The maximum absolute atomic E-state index is 12.1. The summed E-state index contributed by atoms with van der Waals surface area (Å²) in [4.78, 5) is 14.4. The van der Waals surface area contributed by atoms with Crippen LogP contribution in [0.2, 0.25) is 0 Å². The van der Waals surface area contributed by atoms with Crippen LogP contribution in [-0.2, 0) is 0 Å². The number of hydrogen-bond acceptors (Lipinski definition) is 3. The predicted molar refractivity (Wildman–Crippen MR) is 85.9 cm³/mol. The first kappa shape index (κ1) is 13.6. The van der Waals surface area contributed by atoms with Crippen molar-refractivity contribution in [2.24, 2.45) is 0 Å². The molecule has 0 spiro atoms. The summed E-state index contributed by atoms with van der Waals surface area (Å²) in [6, 6.07) is 17.3. The van der Waals surface area contributed by atoms with Crippen molar-refractivity contribution in [3.8, 4) is 0 Å². The zero-order chi connectivity index (χ0) is 14.5. The summed E-state index contributed by atoms with van der Waals surface area (Å²) in [5.41, 5.74) is 2.70. The van der Waals surface area contributed by atoms with Crippen LogP contribution in [0.15, 0.2) is 54.6 Å². The van der Waals surface area contributed by atoms with Crippen LogP contribution in [0, 0.1) is 0 Å². The van der Waals surface area contributed by atoms with E-state index in [1.165, 1.54) is 5.69 Å². The van der Waals surface area contributed by atoms with Gasteiger partial charge in [0.2, 0.25) is 0 Å². The standard InChI is InChI=1S/C17H19N3O/c21-17(14-4-2-1-3-5-14)19-15-6-8-16(9-7-15)20-12-10-18-11-13-20/h1-9,18H,10-13H2,(H,19,21). The number of hydrogen-bond donors (Lipinski definition) is 2. The van der Waals surface area contributed by atoms with Gasteiger partial charge in [0.1, 0.15) is 0 Å². The van der Waals surface area contributed by atoms with Gasteiger partial charge in [-0.3, -0.25) is 4.79 Å². The lowest BCUT2D eigenvalue weighted by molar-refractivity contribution is 0.102. The quantitative estimate of drug-likeness (QED) is 0.907. The second kappa shape index (κ2) is 6.41. The minimum atomic E-state index is -0.0782. The molecule has 2 aromatic rings. The van der Waals surface area contributed by atoms with E-state index >= 15 is 0 Å². The lowest BCUT2D eigenvalue weighted by atomic mass is 10.2. The Hall–Kier alpha value is -2.33. The highest BCUT2D eigenvalue weighted by molar-refractivity contribution is 6.04. The summed E-state index contributed by atoms with van der Waals surface area (Å²) in [6.07, 6.45) is 0. The van der Waals surface area contributed by atoms with Gasteiger partial charge in [-0.1, -0.05) is 18.2 Å². The lowest BCUT2D eigenvalue weighted by Gasteiger charge is -2.29. The van der Waals surface area contributed by atoms with Crippen molar-refractivity contribution in [2.75, 3.05) is 36.4 Å². The highest BCUT2D eigenvalue weighted by Gasteiger charge is 2.10. The number of anilines is 2. The van der Waals surface area contributed by atoms with Crippen LogP contribution in [0.5, 0.6) is 0 Å². The third-order valence-corrected chi connectivity index (χ3v) is 3.64. The van der Waals surface area contributed by atoms with Crippen LogP contribution in [0.3, 0.4) is 0 Å². The van der Waals surface area contributed by atoms with Gasteiger partial charge in [0.15, 0.2) is 0 Å². The van der Waals surface area contributed by atoms with Gasteiger partial charge in [0, 0.05) is 43.1 Å². The normalized spacial score (nSPS) is 14.8. The third-order valence-electron chi connectivity index (χ3n) is 3.64. The zero-order valence-electron chi connectivity index (χ0n) is 11.9. The molecule has 21 heavy (non-hydrogen) atoms. The van der Waals surface area contributed by atoms with Gasteiger partial charge < -0.3 is 15.5 Å². The Morgan fingerprint density at radius 2 is 1.62 bits per heavy atom. The van der Waals surface area contributed by atoms with Crippen LogP contribution in [0.1, 0.15) is 10.4 Å². The molecule has 108 valence electrons. The van der Waals surface area contributed by atoms with Crippen LogP contribution in [0.4, 0.5) is 11.4 Å². The first-order chi connectivity index (χ1) is 10.3. The fourth-order valence-corrected chi connectivity index (χ4v) is 2.47. The van der Waals surface area contributed by atoms with E-state index in [1.54, 1.807) is 0 Å². The molecule has 0 aliphatic carbocycles. The van der Waals surface area contributed by atoms with Gasteiger partial charge >= 0.3 is 0 Å². The Bertz CT molecular complexity index is 589. The number of carbonyl (C=O) groups is 1. The number of rotatable bonds is 3. The number of nitrogens with zero attached hydrogens (tertiary/aromatic N) is 1. The van der Waals surface area contributed by atoms with Gasteiger partial charge in [-0.2, -0.15) is 0 Å². The van der Waals surface area contributed by atoms with E-state index in [4.69, 9.17) is 0 Å². The van der Waals surface area contributed by atoms with Crippen molar-refractivity contribution < 1.29 is 4.79 Å². The second-order valence-electron chi connectivity index (χ2n) is 5.10. The molecule has 2 N–H and O–H groups in total. The van der Waals surface area contributed by atoms with Crippen LogP contribution in [0.25, 0.3) is 0 Å². The summed E-state index contributed by atoms with van der Waals surface area (Å²) in [7, 11) is 0. The monoisotopic (exact) mass is 281 g/mol. The van der Waals surface area contributed by atoms with Crippen molar-refractivity contribution in [2.45, 2.75) is 0 Å². The number of carbonyl (C=O) groups excluding carboxylic acids is 1. The van der Waals surface area contributed by atoms with Crippen molar-refractivity contribution in [1.29, 1.82) is 0 Å². The summed E-state index contributed by atoms with van der Waals surface area (Å²) < 4.78 is 0. The number of piperazine rings is 1. The van der Waals surface area contributed by atoms with Crippen molar-refractivity contribution in [1.82, 2.24) is 5.32 Å². The van der Waals surface area contributed by atoms with E-state index in [9.17, 15) is 4.79 Å². The van der Waals surface area contributed by atoms with Gasteiger partial charge in [-0.15, -0.1) is 0 Å². The number of amides is 1. The van der Waals surface area contributed by atoms with Crippen molar-refractivity contribution >= 4 is 17.3 Å². The van der Waals surface area contributed by atoms with E-state index in [0.29, 0.717) is 5.56 Å². The lowest BCUT2D eigenvalue weighted by Crippen LogP contribution is -2.43. The van der Waals surface area contributed by atoms with Gasteiger partial charge in [-0.05, 0) is 36.4 Å². The minimum Gasteiger partial charge on any atom is -0.369 e. The van der Waals surface area contributed by atoms with Gasteiger partial charge in [-0.25, -0.2) is 0 Å². The molecule has 4 nitrogen and oxygen atoms in total. The Morgan fingerprint density at radius 1 is 0.952 bits per heavy atom. The molecule has 2 aromatic carbocycles. The molecule has 0 aromatic heterocycles. The van der Waals surface area contributed by atoms with E-state index in [2.05, 4.69) is 27.7 Å². The van der Waals surface area contributed by atoms with E-state index in [0.717, 1.165) is 31.9 Å². The highest BCUT2D eigenvalue weighted by Crippen LogP contribution is 2.18. The van der Waals surface area contributed by atoms with Crippen molar-refractivity contribution in [3.63, 3.8) is 0 Å². The summed E-state index contributed by atoms with van der Waals surface area (Å²) in [5.74, 6) is -0.0782. The largest absolute Gasteiger partial charge is 0.369 e. The molecule has 0 bridgehead atoms. The van der Waals surface area contributed by atoms with Crippen LogP contribution in [-0.4, -0.2) is 32.1 Å². The molecule has 1 amide bonds. The average molecular weight is 281 g/mol. The Labute approximate surface area is 124 Å². The molecule has 4 heteroatoms. The molecule has 0 radical (unpaired) electrons. The molecular formula is C17H19N3O. The first-order valence-corrected chi connectivity index (χ1v) is 7.25. The molecule has 0 atom stereocenters. The summed E-state index contributed by atoms with van der Waals surface area (Å²) in [5, 5.41) is 6.26. The molecule has 1 aliphatic heterocycles. The Balaban J connectivity index is 1.65. The fraction of sp³-hybridized carbons (Fsp3) is 0.235. The Morgan fingerprint density at radius 3 is 2.29 bits per heavy atom. The zero-order valence-corrected chi connectivity index (χ0v) is 11.9. The van der Waals surface area contributed by atoms with Crippen LogP contribution >= 0.6 is 0 Å².